The third-order valence-electron chi connectivity index (χ3n) is 4.26. The maximum atomic E-state index is 12.2. The highest BCUT2D eigenvalue weighted by molar-refractivity contribution is 7.99. The zero-order valence-electron chi connectivity index (χ0n) is 13.2. The smallest absolute Gasteiger partial charge is 0.223 e. The van der Waals surface area contributed by atoms with E-state index >= 15 is 0 Å². The number of carbonyl (C=O) groups is 1. The van der Waals surface area contributed by atoms with Gasteiger partial charge in [0.15, 0.2) is 0 Å². The molecule has 3 nitrogen and oxygen atoms in total. The molecule has 4 heteroatoms. The molecule has 0 atom stereocenters. The van der Waals surface area contributed by atoms with Crippen LogP contribution in [0.3, 0.4) is 0 Å². The number of piperidine rings is 1. The fraction of sp³-hybridized carbons (Fsp3) is 0.588. The zero-order valence-corrected chi connectivity index (χ0v) is 14.0. The first-order valence-electron chi connectivity index (χ1n) is 7.58. The molecule has 0 aromatic heterocycles. The van der Waals surface area contributed by atoms with Gasteiger partial charge in [-0.25, -0.2) is 0 Å². The third-order valence-corrected chi connectivity index (χ3v) is 5.25. The molecule has 1 aliphatic heterocycles. The number of hydrogen-bond donors (Lipinski definition) is 1. The monoisotopic (exact) mass is 307 g/mol. The predicted molar refractivity (Wildman–Crippen MR) is 87.7 cm³/mol. The van der Waals surface area contributed by atoms with Crippen LogP contribution in [0.1, 0.15) is 37.3 Å². The van der Waals surface area contributed by atoms with E-state index in [0.717, 1.165) is 5.75 Å². The van der Waals surface area contributed by atoms with Gasteiger partial charge in [0, 0.05) is 30.2 Å². The average Bonchev–Trinajstić information content (AvgIpc) is 2.42. The lowest BCUT2D eigenvalue weighted by atomic mass is 9.94. The molecule has 2 rings (SSSR count). The summed E-state index contributed by atoms with van der Waals surface area (Å²) in [6.07, 6.45) is 1.94. The molecule has 0 bridgehead atoms. The summed E-state index contributed by atoms with van der Waals surface area (Å²) in [5.41, 5.74) is 2.01. The summed E-state index contributed by atoms with van der Waals surface area (Å²) in [5, 5.41) is 9.91. The fourth-order valence-electron chi connectivity index (χ4n) is 2.46. The van der Waals surface area contributed by atoms with Crippen LogP contribution in [0.4, 0.5) is 0 Å². The van der Waals surface area contributed by atoms with Gasteiger partial charge in [-0.05, 0) is 56.9 Å². The Morgan fingerprint density at radius 3 is 2.57 bits per heavy atom. The molecule has 0 radical (unpaired) electrons. The molecule has 1 N–H and O–H groups in total. The van der Waals surface area contributed by atoms with E-state index in [0.29, 0.717) is 32.4 Å². The maximum Gasteiger partial charge on any atom is 0.223 e. The number of aliphatic hydroxyl groups is 1. The standard InChI is InChI=1S/C17H25NO2S/c1-13-4-5-15(12-14(13)2)21-11-6-16(19)18-9-7-17(3,20)8-10-18/h4-5,12,20H,6-11H2,1-3H3. The molecule has 1 aromatic carbocycles. The Kier molecular flexibility index (Phi) is 5.33. The molecule has 1 heterocycles. The van der Waals surface area contributed by atoms with Crippen LogP contribution in [-0.2, 0) is 4.79 Å². The van der Waals surface area contributed by atoms with Gasteiger partial charge in [0.05, 0.1) is 5.60 Å². The fourth-order valence-corrected chi connectivity index (χ4v) is 3.39. The van der Waals surface area contributed by atoms with Gasteiger partial charge in [-0.2, -0.15) is 0 Å². The van der Waals surface area contributed by atoms with E-state index in [1.165, 1.54) is 16.0 Å². The highest BCUT2D eigenvalue weighted by Gasteiger charge is 2.29. The molecule has 1 fully saturated rings. The minimum Gasteiger partial charge on any atom is -0.390 e. The highest BCUT2D eigenvalue weighted by Crippen LogP contribution is 2.24. The molecule has 21 heavy (non-hydrogen) atoms. The minimum atomic E-state index is -0.592. The van der Waals surface area contributed by atoms with Gasteiger partial charge in [-0.1, -0.05) is 6.07 Å². The normalized spacial score (nSPS) is 17.8. The molecule has 0 spiro atoms. The largest absolute Gasteiger partial charge is 0.390 e. The van der Waals surface area contributed by atoms with Crippen molar-refractivity contribution >= 4 is 17.7 Å². The van der Waals surface area contributed by atoms with Gasteiger partial charge in [0.2, 0.25) is 5.91 Å². The number of likely N-dealkylation sites (tertiary alicyclic amines) is 1. The topological polar surface area (TPSA) is 40.5 Å². The van der Waals surface area contributed by atoms with Crippen LogP contribution >= 0.6 is 11.8 Å². The number of benzene rings is 1. The highest BCUT2D eigenvalue weighted by atomic mass is 32.2. The first-order chi connectivity index (χ1) is 9.87. The minimum absolute atomic E-state index is 0.210. The number of thioether (sulfide) groups is 1. The summed E-state index contributed by atoms with van der Waals surface area (Å²) in [7, 11) is 0. The van der Waals surface area contributed by atoms with Crippen molar-refractivity contribution in [1.29, 1.82) is 0 Å². The van der Waals surface area contributed by atoms with E-state index in [9.17, 15) is 9.90 Å². The number of rotatable bonds is 4. The number of hydrogen-bond acceptors (Lipinski definition) is 3. The van der Waals surface area contributed by atoms with E-state index in [-0.39, 0.29) is 5.91 Å². The molecular formula is C17H25NO2S. The first-order valence-corrected chi connectivity index (χ1v) is 8.56. The quantitative estimate of drug-likeness (QED) is 0.869. The van der Waals surface area contributed by atoms with Gasteiger partial charge in [-0.3, -0.25) is 4.79 Å². The summed E-state index contributed by atoms with van der Waals surface area (Å²) < 4.78 is 0. The summed E-state index contributed by atoms with van der Waals surface area (Å²) in [6.45, 7) is 7.44. The van der Waals surface area contributed by atoms with E-state index in [1.54, 1.807) is 11.8 Å². The molecule has 1 aromatic rings. The molecule has 116 valence electrons. The number of amides is 1. The Balaban J connectivity index is 1.75. The van der Waals surface area contributed by atoms with Crippen LogP contribution in [0.5, 0.6) is 0 Å². The molecule has 0 aliphatic carbocycles. The summed E-state index contributed by atoms with van der Waals surface area (Å²) >= 11 is 1.74. The molecule has 0 unspecified atom stereocenters. The van der Waals surface area contributed by atoms with E-state index in [2.05, 4.69) is 32.0 Å². The van der Waals surface area contributed by atoms with Crippen molar-refractivity contribution < 1.29 is 9.90 Å². The van der Waals surface area contributed by atoms with E-state index < -0.39 is 5.60 Å². The Morgan fingerprint density at radius 2 is 1.95 bits per heavy atom. The lowest BCUT2D eigenvalue weighted by Crippen LogP contribution is -2.45. The summed E-state index contributed by atoms with van der Waals surface area (Å²) in [6, 6.07) is 6.43. The van der Waals surface area contributed by atoms with E-state index in [1.807, 2.05) is 11.8 Å². The number of nitrogens with zero attached hydrogens (tertiary/aromatic N) is 1. The third kappa shape index (κ3) is 4.75. The zero-order chi connectivity index (χ0) is 15.5. The van der Waals surface area contributed by atoms with Gasteiger partial charge in [0.1, 0.15) is 0 Å². The Bertz CT molecular complexity index is 504. The summed E-state index contributed by atoms with van der Waals surface area (Å²) in [5.74, 6) is 1.02. The Morgan fingerprint density at radius 1 is 1.29 bits per heavy atom. The van der Waals surface area contributed by atoms with Crippen molar-refractivity contribution in [1.82, 2.24) is 4.90 Å². The summed E-state index contributed by atoms with van der Waals surface area (Å²) in [4.78, 5) is 15.3. The predicted octanol–water partition coefficient (Wildman–Crippen LogP) is 3.16. The average molecular weight is 307 g/mol. The lowest BCUT2D eigenvalue weighted by molar-refractivity contribution is -0.134. The molecule has 1 saturated heterocycles. The van der Waals surface area contributed by atoms with Crippen molar-refractivity contribution in [2.45, 2.75) is 50.5 Å². The van der Waals surface area contributed by atoms with Gasteiger partial charge in [0.25, 0.3) is 0 Å². The number of carbonyl (C=O) groups excluding carboxylic acids is 1. The van der Waals surface area contributed by atoms with Crippen LogP contribution in [0.2, 0.25) is 0 Å². The van der Waals surface area contributed by atoms with Gasteiger partial charge in [-0.15, -0.1) is 11.8 Å². The van der Waals surface area contributed by atoms with Crippen LogP contribution in [0, 0.1) is 13.8 Å². The van der Waals surface area contributed by atoms with Crippen molar-refractivity contribution in [2.75, 3.05) is 18.8 Å². The second kappa shape index (κ2) is 6.84. The molecule has 1 amide bonds. The van der Waals surface area contributed by atoms with Crippen LogP contribution in [-0.4, -0.2) is 40.4 Å². The van der Waals surface area contributed by atoms with E-state index in [4.69, 9.17) is 0 Å². The van der Waals surface area contributed by atoms with Gasteiger partial charge >= 0.3 is 0 Å². The molecular weight excluding hydrogens is 282 g/mol. The van der Waals surface area contributed by atoms with Crippen molar-refractivity contribution in [3.63, 3.8) is 0 Å². The molecule has 0 saturated carbocycles. The van der Waals surface area contributed by atoms with Crippen LogP contribution in [0.25, 0.3) is 0 Å². The van der Waals surface area contributed by atoms with Crippen molar-refractivity contribution in [2.24, 2.45) is 0 Å². The number of aryl methyl sites for hydroxylation is 2. The second-order valence-electron chi connectivity index (χ2n) is 6.22. The first kappa shape index (κ1) is 16.4. The SMILES string of the molecule is Cc1ccc(SCCC(=O)N2CCC(C)(O)CC2)cc1C. The Hall–Kier alpha value is -1.00. The van der Waals surface area contributed by atoms with Crippen molar-refractivity contribution in [3.8, 4) is 0 Å². The second-order valence-corrected chi connectivity index (χ2v) is 7.39. The molecule has 1 aliphatic rings. The van der Waals surface area contributed by atoms with Crippen molar-refractivity contribution in [3.05, 3.63) is 29.3 Å². The Labute approximate surface area is 131 Å². The lowest BCUT2D eigenvalue weighted by Gasteiger charge is -2.35. The maximum absolute atomic E-state index is 12.2. The van der Waals surface area contributed by atoms with Gasteiger partial charge < -0.3 is 10.0 Å². The van der Waals surface area contributed by atoms with Crippen LogP contribution in [0.15, 0.2) is 23.1 Å². The van der Waals surface area contributed by atoms with Crippen LogP contribution < -0.4 is 0 Å².